The molecular formula is C12H16ClFN2. The van der Waals surface area contributed by atoms with Gasteiger partial charge in [0.25, 0.3) is 0 Å². The summed E-state index contributed by atoms with van der Waals surface area (Å²) in [6, 6.07) is 1.48. The fourth-order valence-electron chi connectivity index (χ4n) is 2.22. The zero-order valence-corrected chi connectivity index (χ0v) is 10.2. The van der Waals surface area contributed by atoms with E-state index in [9.17, 15) is 4.39 Å². The van der Waals surface area contributed by atoms with Gasteiger partial charge in [0.2, 0.25) is 0 Å². The van der Waals surface area contributed by atoms with E-state index in [4.69, 9.17) is 11.6 Å². The summed E-state index contributed by atoms with van der Waals surface area (Å²) in [6.45, 7) is 4.22. The van der Waals surface area contributed by atoms with E-state index >= 15 is 0 Å². The highest BCUT2D eigenvalue weighted by Crippen LogP contribution is 2.27. The monoisotopic (exact) mass is 242 g/mol. The molecule has 1 fully saturated rings. The maximum atomic E-state index is 13.0. The molecular weight excluding hydrogens is 227 g/mol. The normalized spacial score (nSPS) is 20.4. The quantitative estimate of drug-likeness (QED) is 0.757. The number of hydrogen-bond acceptors (Lipinski definition) is 2. The lowest BCUT2D eigenvalue weighted by atomic mass is 10.1. The first-order valence-corrected chi connectivity index (χ1v) is 6.23. The van der Waals surface area contributed by atoms with Crippen LogP contribution in [0.3, 0.4) is 0 Å². The topological polar surface area (TPSA) is 16.1 Å². The summed E-state index contributed by atoms with van der Waals surface area (Å²) in [5, 5.41) is 0. The van der Waals surface area contributed by atoms with Crippen LogP contribution in [0.4, 0.5) is 10.2 Å². The lowest BCUT2D eigenvalue weighted by Gasteiger charge is -2.19. The molecule has 1 saturated heterocycles. The van der Waals surface area contributed by atoms with Crippen LogP contribution in [0.15, 0.2) is 12.3 Å². The Hall–Kier alpha value is -0.830. The predicted molar refractivity (Wildman–Crippen MR) is 64.4 cm³/mol. The van der Waals surface area contributed by atoms with E-state index in [2.05, 4.69) is 16.8 Å². The molecule has 0 saturated carbocycles. The van der Waals surface area contributed by atoms with Gasteiger partial charge in [-0.2, -0.15) is 0 Å². The Bertz CT molecular complexity index is 370. The van der Waals surface area contributed by atoms with E-state index in [1.165, 1.54) is 25.1 Å². The molecule has 2 rings (SSSR count). The molecule has 0 N–H and O–H groups in total. The molecule has 0 bridgehead atoms. The van der Waals surface area contributed by atoms with Crippen molar-refractivity contribution in [3.05, 3.63) is 23.6 Å². The number of hydrogen-bond donors (Lipinski definition) is 0. The van der Waals surface area contributed by atoms with Crippen LogP contribution >= 0.6 is 11.6 Å². The van der Waals surface area contributed by atoms with Gasteiger partial charge in [-0.25, -0.2) is 9.37 Å². The van der Waals surface area contributed by atoms with Crippen molar-refractivity contribution in [3.63, 3.8) is 0 Å². The van der Waals surface area contributed by atoms with Gasteiger partial charge in [0.1, 0.15) is 11.6 Å². The Kier molecular flexibility index (Phi) is 3.64. The van der Waals surface area contributed by atoms with E-state index in [0.29, 0.717) is 5.88 Å². The zero-order chi connectivity index (χ0) is 11.5. The van der Waals surface area contributed by atoms with Crippen molar-refractivity contribution in [2.75, 3.05) is 18.0 Å². The molecule has 1 aromatic rings. The van der Waals surface area contributed by atoms with Gasteiger partial charge in [-0.1, -0.05) is 13.3 Å². The van der Waals surface area contributed by atoms with E-state index in [0.717, 1.165) is 30.4 Å². The second-order valence-corrected chi connectivity index (χ2v) is 4.55. The molecule has 2 nitrogen and oxygen atoms in total. The first-order chi connectivity index (χ1) is 7.74. The number of anilines is 1. The van der Waals surface area contributed by atoms with Crippen molar-refractivity contribution in [3.8, 4) is 0 Å². The molecule has 88 valence electrons. The van der Waals surface area contributed by atoms with Crippen LogP contribution in [-0.2, 0) is 5.88 Å². The molecule has 1 aromatic heterocycles. The first kappa shape index (κ1) is 11.6. The maximum absolute atomic E-state index is 13.0. The molecule has 4 heteroatoms. The summed E-state index contributed by atoms with van der Waals surface area (Å²) in [7, 11) is 0. The van der Waals surface area contributed by atoms with Gasteiger partial charge in [0.15, 0.2) is 0 Å². The Labute approximate surface area is 100 Å². The van der Waals surface area contributed by atoms with Crippen molar-refractivity contribution < 1.29 is 4.39 Å². The average Bonchev–Trinajstić information content (AvgIpc) is 2.77. The molecule has 2 heterocycles. The van der Waals surface area contributed by atoms with Crippen LogP contribution in [0.1, 0.15) is 25.3 Å². The van der Waals surface area contributed by atoms with Gasteiger partial charge in [0.05, 0.1) is 12.1 Å². The van der Waals surface area contributed by atoms with Gasteiger partial charge in [-0.15, -0.1) is 11.6 Å². The highest BCUT2D eigenvalue weighted by atomic mass is 35.5. The second-order valence-electron chi connectivity index (χ2n) is 4.28. The number of aromatic nitrogens is 1. The number of pyridine rings is 1. The summed E-state index contributed by atoms with van der Waals surface area (Å²) >= 11 is 5.82. The summed E-state index contributed by atoms with van der Waals surface area (Å²) in [6.07, 6.45) is 3.65. The molecule has 1 unspecified atom stereocenters. The third-order valence-corrected chi connectivity index (χ3v) is 3.50. The van der Waals surface area contributed by atoms with E-state index in [-0.39, 0.29) is 5.82 Å². The number of rotatable bonds is 3. The van der Waals surface area contributed by atoms with Crippen LogP contribution < -0.4 is 4.90 Å². The van der Waals surface area contributed by atoms with Gasteiger partial charge in [0, 0.05) is 18.7 Å². The van der Waals surface area contributed by atoms with Crippen molar-refractivity contribution >= 4 is 17.4 Å². The Balaban J connectivity index is 2.20. The Morgan fingerprint density at radius 2 is 2.44 bits per heavy atom. The van der Waals surface area contributed by atoms with Crippen molar-refractivity contribution in [2.45, 2.75) is 25.6 Å². The second kappa shape index (κ2) is 5.00. The van der Waals surface area contributed by atoms with E-state index in [1.807, 2.05) is 0 Å². The Morgan fingerprint density at radius 1 is 1.62 bits per heavy atom. The fourth-order valence-corrected chi connectivity index (χ4v) is 2.41. The minimum Gasteiger partial charge on any atom is -0.356 e. The van der Waals surface area contributed by atoms with Crippen LogP contribution in [0.25, 0.3) is 0 Å². The van der Waals surface area contributed by atoms with Gasteiger partial charge in [-0.3, -0.25) is 0 Å². The fraction of sp³-hybridized carbons (Fsp3) is 0.583. The first-order valence-electron chi connectivity index (χ1n) is 5.70. The van der Waals surface area contributed by atoms with Crippen molar-refractivity contribution in [1.29, 1.82) is 0 Å². The standard InChI is InChI=1S/C12H16ClFN2/c1-2-9-3-4-16(8-9)12-10(6-13)5-11(14)7-15-12/h5,7,9H,2-4,6,8H2,1H3. The molecule has 1 atom stereocenters. The van der Waals surface area contributed by atoms with Gasteiger partial charge in [-0.05, 0) is 18.4 Å². The van der Waals surface area contributed by atoms with E-state index < -0.39 is 0 Å². The maximum Gasteiger partial charge on any atom is 0.141 e. The van der Waals surface area contributed by atoms with Crippen LogP contribution in [0.5, 0.6) is 0 Å². The molecule has 16 heavy (non-hydrogen) atoms. The molecule has 0 aliphatic carbocycles. The third kappa shape index (κ3) is 2.29. The van der Waals surface area contributed by atoms with Crippen molar-refractivity contribution in [1.82, 2.24) is 4.98 Å². The molecule has 0 amide bonds. The highest BCUT2D eigenvalue weighted by Gasteiger charge is 2.23. The number of halogens is 2. The largest absolute Gasteiger partial charge is 0.356 e. The Morgan fingerprint density at radius 3 is 3.06 bits per heavy atom. The van der Waals surface area contributed by atoms with Crippen LogP contribution in [0.2, 0.25) is 0 Å². The lowest BCUT2D eigenvalue weighted by Crippen LogP contribution is -2.22. The SMILES string of the molecule is CCC1CCN(c2ncc(F)cc2CCl)C1. The summed E-state index contributed by atoms with van der Waals surface area (Å²) in [5.41, 5.74) is 0.790. The van der Waals surface area contributed by atoms with Gasteiger partial charge >= 0.3 is 0 Å². The van der Waals surface area contributed by atoms with Crippen LogP contribution in [0, 0.1) is 11.7 Å². The highest BCUT2D eigenvalue weighted by molar-refractivity contribution is 6.17. The zero-order valence-electron chi connectivity index (χ0n) is 9.42. The minimum absolute atomic E-state index is 0.313. The van der Waals surface area contributed by atoms with Gasteiger partial charge < -0.3 is 4.90 Å². The number of nitrogens with zero attached hydrogens (tertiary/aromatic N) is 2. The summed E-state index contributed by atoms with van der Waals surface area (Å²) in [4.78, 5) is 6.38. The third-order valence-electron chi connectivity index (χ3n) is 3.22. The molecule has 0 aromatic carbocycles. The van der Waals surface area contributed by atoms with Crippen LogP contribution in [-0.4, -0.2) is 18.1 Å². The van der Waals surface area contributed by atoms with E-state index in [1.54, 1.807) is 0 Å². The molecule has 0 spiro atoms. The smallest absolute Gasteiger partial charge is 0.141 e. The molecule has 1 aliphatic heterocycles. The van der Waals surface area contributed by atoms with Crippen molar-refractivity contribution in [2.24, 2.45) is 5.92 Å². The lowest BCUT2D eigenvalue weighted by molar-refractivity contribution is 0.568. The molecule has 0 radical (unpaired) electrons. The predicted octanol–water partition coefficient (Wildman–Crippen LogP) is 3.20. The minimum atomic E-state index is -0.314. The number of alkyl halides is 1. The summed E-state index contributed by atoms with van der Waals surface area (Å²) in [5.74, 6) is 1.58. The summed E-state index contributed by atoms with van der Waals surface area (Å²) < 4.78 is 13.0. The molecule has 1 aliphatic rings. The average molecular weight is 243 g/mol.